The maximum absolute atomic E-state index is 12.1. The molecular formula is C16H22F3N3O. The molecule has 0 amide bonds. The van der Waals surface area contributed by atoms with Gasteiger partial charge >= 0.3 is 6.18 Å². The van der Waals surface area contributed by atoms with Crippen molar-refractivity contribution in [2.45, 2.75) is 26.3 Å². The van der Waals surface area contributed by atoms with Gasteiger partial charge in [-0.1, -0.05) is 30.3 Å². The fourth-order valence-corrected chi connectivity index (χ4v) is 1.78. The summed E-state index contributed by atoms with van der Waals surface area (Å²) in [5.74, 6) is 0.658. The van der Waals surface area contributed by atoms with Crippen LogP contribution in [0.3, 0.4) is 0 Å². The number of alkyl halides is 3. The predicted octanol–water partition coefficient (Wildman–Crippen LogP) is 3.01. The first-order valence-corrected chi connectivity index (χ1v) is 7.30. The van der Waals surface area contributed by atoms with Gasteiger partial charge in [-0.3, -0.25) is 0 Å². The Labute approximate surface area is 134 Å². The number of halogens is 3. The predicted molar refractivity (Wildman–Crippen MR) is 85.2 cm³/mol. The molecule has 0 saturated carbocycles. The molecule has 0 bridgehead atoms. The van der Waals surface area contributed by atoms with Crippen LogP contribution in [-0.2, 0) is 17.9 Å². The van der Waals surface area contributed by atoms with Crippen LogP contribution >= 0.6 is 0 Å². The number of nitrogens with zero attached hydrogens (tertiary/aromatic N) is 1. The van der Waals surface area contributed by atoms with Gasteiger partial charge in [0.05, 0.1) is 13.2 Å². The number of benzene rings is 1. The molecule has 128 valence electrons. The Morgan fingerprint density at radius 2 is 2.04 bits per heavy atom. The molecule has 0 aliphatic rings. The van der Waals surface area contributed by atoms with E-state index in [-0.39, 0.29) is 6.61 Å². The molecule has 0 radical (unpaired) electrons. The Bertz CT molecular complexity index is 516. The van der Waals surface area contributed by atoms with Crippen LogP contribution < -0.4 is 10.6 Å². The molecule has 0 heterocycles. The fourth-order valence-electron chi connectivity index (χ4n) is 1.78. The summed E-state index contributed by atoms with van der Waals surface area (Å²) >= 11 is 0. The van der Waals surface area contributed by atoms with Crippen LogP contribution in [0.5, 0.6) is 0 Å². The molecule has 0 fully saturated rings. The second-order valence-electron chi connectivity index (χ2n) is 4.79. The van der Waals surface area contributed by atoms with Gasteiger partial charge in [0.25, 0.3) is 0 Å². The highest BCUT2D eigenvalue weighted by Crippen LogP contribution is 2.16. The Morgan fingerprint density at radius 1 is 1.30 bits per heavy atom. The zero-order chi connectivity index (χ0) is 17.1. The first-order valence-electron chi connectivity index (χ1n) is 7.30. The number of hydrogen-bond acceptors (Lipinski definition) is 2. The summed E-state index contributed by atoms with van der Waals surface area (Å²) in [6, 6.07) is 7.16. The topological polar surface area (TPSA) is 45.7 Å². The normalized spacial score (nSPS) is 12.1. The maximum atomic E-state index is 12.1. The lowest BCUT2D eigenvalue weighted by Gasteiger charge is -2.10. The zero-order valence-electron chi connectivity index (χ0n) is 13.1. The molecule has 0 atom stereocenters. The highest BCUT2D eigenvalue weighted by atomic mass is 19.4. The monoisotopic (exact) mass is 329 g/mol. The van der Waals surface area contributed by atoms with Crippen molar-refractivity contribution in [3.05, 3.63) is 48.0 Å². The highest BCUT2D eigenvalue weighted by Gasteiger charge is 2.27. The number of rotatable bonds is 8. The van der Waals surface area contributed by atoms with E-state index in [9.17, 15) is 13.2 Å². The van der Waals surface area contributed by atoms with Gasteiger partial charge in [0.2, 0.25) is 0 Å². The van der Waals surface area contributed by atoms with Crippen molar-refractivity contribution in [1.29, 1.82) is 0 Å². The average molecular weight is 329 g/mol. The number of nitrogens with one attached hydrogen (secondary N) is 2. The van der Waals surface area contributed by atoms with E-state index in [1.54, 1.807) is 24.3 Å². The maximum Gasteiger partial charge on any atom is 0.411 e. The van der Waals surface area contributed by atoms with E-state index < -0.39 is 12.8 Å². The van der Waals surface area contributed by atoms with Gasteiger partial charge in [-0.25, -0.2) is 4.99 Å². The number of guanidine groups is 1. The van der Waals surface area contributed by atoms with Crippen LogP contribution in [-0.4, -0.2) is 31.8 Å². The molecule has 2 N–H and O–H groups in total. The standard InChI is InChI=1S/C16H22F3N3O/c1-3-8-21-15(20-4-2)22-10-13-6-5-7-14(9-13)11-23-12-16(17,18)19/h3,5-7,9H,1,4,8,10-12H2,2H3,(H2,20,21,22). The molecule has 7 heteroatoms. The lowest BCUT2D eigenvalue weighted by molar-refractivity contribution is -0.176. The quantitative estimate of drug-likeness (QED) is 0.438. The number of ether oxygens (including phenoxy) is 1. The molecule has 0 saturated heterocycles. The second-order valence-corrected chi connectivity index (χ2v) is 4.79. The summed E-state index contributed by atoms with van der Waals surface area (Å²) in [6.07, 6.45) is -2.58. The van der Waals surface area contributed by atoms with E-state index in [4.69, 9.17) is 0 Å². The van der Waals surface area contributed by atoms with Gasteiger partial charge in [0.15, 0.2) is 5.96 Å². The van der Waals surface area contributed by atoms with Gasteiger partial charge in [-0.2, -0.15) is 13.2 Å². The molecule has 23 heavy (non-hydrogen) atoms. The summed E-state index contributed by atoms with van der Waals surface area (Å²) in [6.45, 7) is 6.01. The van der Waals surface area contributed by atoms with Crippen LogP contribution in [0, 0.1) is 0 Å². The van der Waals surface area contributed by atoms with Gasteiger partial charge in [0.1, 0.15) is 6.61 Å². The minimum absolute atomic E-state index is 0.0775. The Hall–Kier alpha value is -2.02. The molecule has 0 aliphatic heterocycles. The summed E-state index contributed by atoms with van der Waals surface area (Å²) in [5.41, 5.74) is 1.58. The smallest absolute Gasteiger partial charge is 0.367 e. The van der Waals surface area contributed by atoms with Crippen molar-refractivity contribution in [3.8, 4) is 0 Å². The van der Waals surface area contributed by atoms with Crippen molar-refractivity contribution in [3.63, 3.8) is 0 Å². The van der Waals surface area contributed by atoms with Crippen LogP contribution in [0.1, 0.15) is 18.1 Å². The lowest BCUT2D eigenvalue weighted by Crippen LogP contribution is -2.37. The van der Waals surface area contributed by atoms with Crippen molar-refractivity contribution >= 4 is 5.96 Å². The zero-order valence-corrected chi connectivity index (χ0v) is 13.1. The minimum Gasteiger partial charge on any atom is -0.367 e. The van der Waals surface area contributed by atoms with E-state index in [1.165, 1.54) is 0 Å². The van der Waals surface area contributed by atoms with E-state index in [0.29, 0.717) is 24.6 Å². The van der Waals surface area contributed by atoms with Crippen molar-refractivity contribution in [1.82, 2.24) is 10.6 Å². The van der Waals surface area contributed by atoms with E-state index in [2.05, 4.69) is 26.9 Å². The summed E-state index contributed by atoms with van der Waals surface area (Å²) in [7, 11) is 0. The highest BCUT2D eigenvalue weighted by molar-refractivity contribution is 5.79. The molecular weight excluding hydrogens is 307 g/mol. The Morgan fingerprint density at radius 3 is 2.70 bits per heavy atom. The molecule has 0 spiro atoms. The number of hydrogen-bond donors (Lipinski definition) is 2. The number of aliphatic imine (C=N–C) groups is 1. The molecule has 1 aromatic rings. The third-order valence-electron chi connectivity index (χ3n) is 2.70. The van der Waals surface area contributed by atoms with Gasteiger partial charge in [0, 0.05) is 13.1 Å². The van der Waals surface area contributed by atoms with Crippen molar-refractivity contribution < 1.29 is 17.9 Å². The summed E-state index contributed by atoms with van der Waals surface area (Å²) in [4.78, 5) is 4.41. The van der Waals surface area contributed by atoms with Crippen molar-refractivity contribution in [2.75, 3.05) is 19.7 Å². The summed E-state index contributed by atoms with van der Waals surface area (Å²) in [5, 5.41) is 6.17. The molecule has 0 aromatic heterocycles. The summed E-state index contributed by atoms with van der Waals surface area (Å²) < 4.78 is 40.8. The first kappa shape index (κ1) is 19.0. The van der Waals surface area contributed by atoms with Crippen LogP contribution in [0.4, 0.5) is 13.2 Å². The van der Waals surface area contributed by atoms with Crippen molar-refractivity contribution in [2.24, 2.45) is 4.99 Å². The SMILES string of the molecule is C=CCNC(=NCc1cccc(COCC(F)(F)F)c1)NCC. The van der Waals surface area contributed by atoms with E-state index in [1.807, 2.05) is 13.0 Å². The van der Waals surface area contributed by atoms with Crippen LogP contribution in [0.25, 0.3) is 0 Å². The van der Waals surface area contributed by atoms with Gasteiger partial charge in [-0.15, -0.1) is 6.58 Å². The van der Waals surface area contributed by atoms with E-state index in [0.717, 1.165) is 12.1 Å². The Kier molecular flexibility index (Phi) is 8.18. The van der Waals surface area contributed by atoms with E-state index >= 15 is 0 Å². The molecule has 1 aromatic carbocycles. The Balaban J connectivity index is 2.59. The fraction of sp³-hybridized carbons (Fsp3) is 0.438. The third-order valence-corrected chi connectivity index (χ3v) is 2.70. The molecule has 0 aliphatic carbocycles. The van der Waals surface area contributed by atoms with Gasteiger partial charge in [-0.05, 0) is 18.1 Å². The molecule has 4 nitrogen and oxygen atoms in total. The lowest BCUT2D eigenvalue weighted by atomic mass is 10.1. The first-order chi connectivity index (χ1) is 10.9. The third kappa shape index (κ3) is 8.87. The van der Waals surface area contributed by atoms with Gasteiger partial charge < -0.3 is 15.4 Å². The van der Waals surface area contributed by atoms with Crippen LogP contribution in [0.15, 0.2) is 41.9 Å². The second kappa shape index (κ2) is 9.89. The molecule has 0 unspecified atom stereocenters. The molecule has 1 rings (SSSR count). The average Bonchev–Trinajstić information content (AvgIpc) is 2.49. The largest absolute Gasteiger partial charge is 0.411 e. The van der Waals surface area contributed by atoms with Crippen LogP contribution in [0.2, 0.25) is 0 Å². The minimum atomic E-state index is -4.31.